The zero-order valence-electron chi connectivity index (χ0n) is 12.2. The maximum Gasteiger partial charge on any atom is 0.253 e. The Morgan fingerprint density at radius 2 is 2.11 bits per heavy atom. The van der Waals surface area contributed by atoms with Gasteiger partial charge in [-0.25, -0.2) is 0 Å². The van der Waals surface area contributed by atoms with Crippen molar-refractivity contribution < 1.29 is 4.79 Å². The van der Waals surface area contributed by atoms with Gasteiger partial charge in [-0.1, -0.05) is 19.4 Å². The molecule has 1 saturated carbocycles. The zero-order chi connectivity index (χ0) is 13.9. The Balaban J connectivity index is 2.05. The predicted molar refractivity (Wildman–Crippen MR) is 79.6 cm³/mol. The molecule has 3 nitrogen and oxygen atoms in total. The monoisotopic (exact) mass is 260 g/mol. The highest BCUT2D eigenvalue weighted by molar-refractivity contribution is 5.99. The van der Waals surface area contributed by atoms with Gasteiger partial charge in [0.1, 0.15) is 0 Å². The van der Waals surface area contributed by atoms with E-state index in [-0.39, 0.29) is 5.91 Å². The van der Waals surface area contributed by atoms with Crippen molar-refractivity contribution in [3.8, 4) is 0 Å². The molecule has 1 fully saturated rings. The van der Waals surface area contributed by atoms with Crippen LogP contribution in [0, 0.1) is 12.3 Å². The summed E-state index contributed by atoms with van der Waals surface area (Å²) in [5, 5.41) is 6.34. The second-order valence-corrected chi connectivity index (χ2v) is 5.93. The van der Waals surface area contributed by atoms with Crippen molar-refractivity contribution in [3.05, 3.63) is 29.3 Å². The van der Waals surface area contributed by atoms with Crippen molar-refractivity contribution in [2.45, 2.75) is 40.0 Å². The Morgan fingerprint density at radius 3 is 2.68 bits per heavy atom. The minimum atomic E-state index is 0.0316. The van der Waals surface area contributed by atoms with Crippen LogP contribution in [0.25, 0.3) is 0 Å². The number of hydrogen-bond acceptors (Lipinski definition) is 2. The maximum atomic E-state index is 12.3. The average Bonchev–Trinajstić information content (AvgIpc) is 2.34. The molecule has 0 saturated heterocycles. The molecular formula is C16H24N2O. The van der Waals surface area contributed by atoms with Gasteiger partial charge in [0.25, 0.3) is 5.91 Å². The van der Waals surface area contributed by atoms with Gasteiger partial charge in [0.05, 0.1) is 5.56 Å². The standard InChI is InChI=1S/C16H24N2O/c1-4-17-14-10-12(2)6-7-13(14)15(19)18-11-16(3)8-5-9-16/h6-7,10,17H,4-5,8-9,11H2,1-3H3,(H,18,19). The molecule has 104 valence electrons. The molecule has 3 heteroatoms. The third kappa shape index (κ3) is 3.28. The largest absolute Gasteiger partial charge is 0.385 e. The highest BCUT2D eigenvalue weighted by Gasteiger charge is 2.32. The first-order valence-electron chi connectivity index (χ1n) is 7.17. The minimum Gasteiger partial charge on any atom is -0.385 e. The van der Waals surface area contributed by atoms with Crippen molar-refractivity contribution in [1.82, 2.24) is 5.32 Å². The van der Waals surface area contributed by atoms with Gasteiger partial charge >= 0.3 is 0 Å². The molecule has 0 spiro atoms. The quantitative estimate of drug-likeness (QED) is 0.852. The summed E-state index contributed by atoms with van der Waals surface area (Å²) in [4.78, 5) is 12.3. The third-order valence-corrected chi connectivity index (χ3v) is 4.02. The Labute approximate surface area is 115 Å². The van der Waals surface area contributed by atoms with Crippen LogP contribution >= 0.6 is 0 Å². The van der Waals surface area contributed by atoms with Crippen LogP contribution in [-0.2, 0) is 0 Å². The lowest BCUT2D eigenvalue weighted by Crippen LogP contribution is -2.40. The summed E-state index contributed by atoms with van der Waals surface area (Å²) in [7, 11) is 0. The molecule has 19 heavy (non-hydrogen) atoms. The summed E-state index contributed by atoms with van der Waals surface area (Å²) < 4.78 is 0. The Bertz CT molecular complexity index is 464. The van der Waals surface area contributed by atoms with Crippen LogP contribution in [0.1, 0.15) is 49.0 Å². The number of rotatable bonds is 5. The van der Waals surface area contributed by atoms with E-state index in [2.05, 4.69) is 17.6 Å². The molecule has 1 aromatic rings. The van der Waals surface area contributed by atoms with Crippen LogP contribution in [-0.4, -0.2) is 19.0 Å². The van der Waals surface area contributed by atoms with E-state index in [9.17, 15) is 4.79 Å². The van der Waals surface area contributed by atoms with E-state index in [1.165, 1.54) is 24.8 Å². The summed E-state index contributed by atoms with van der Waals surface area (Å²) in [6.07, 6.45) is 3.74. The second kappa shape index (κ2) is 5.64. The number of nitrogens with one attached hydrogen (secondary N) is 2. The SMILES string of the molecule is CCNc1cc(C)ccc1C(=O)NCC1(C)CCC1. The van der Waals surface area contributed by atoms with Gasteiger partial charge < -0.3 is 10.6 Å². The number of anilines is 1. The fourth-order valence-corrected chi connectivity index (χ4v) is 2.54. The topological polar surface area (TPSA) is 41.1 Å². The van der Waals surface area contributed by atoms with E-state index in [0.717, 1.165) is 24.3 Å². The van der Waals surface area contributed by atoms with Crippen LogP contribution in [0.5, 0.6) is 0 Å². The lowest BCUT2D eigenvalue weighted by atomic mass is 9.70. The fraction of sp³-hybridized carbons (Fsp3) is 0.562. The summed E-state index contributed by atoms with van der Waals surface area (Å²) in [6, 6.07) is 5.93. The highest BCUT2D eigenvalue weighted by atomic mass is 16.1. The van der Waals surface area contributed by atoms with E-state index in [0.29, 0.717) is 5.41 Å². The number of benzene rings is 1. The van der Waals surface area contributed by atoms with Crippen molar-refractivity contribution in [2.75, 3.05) is 18.4 Å². The first-order chi connectivity index (χ1) is 9.04. The molecule has 0 radical (unpaired) electrons. The van der Waals surface area contributed by atoms with Crippen LogP contribution in [0.3, 0.4) is 0 Å². The van der Waals surface area contributed by atoms with Crippen LogP contribution in [0.4, 0.5) is 5.69 Å². The Hall–Kier alpha value is -1.51. The molecule has 0 unspecified atom stereocenters. The van der Waals surface area contributed by atoms with Gasteiger partial charge in [0, 0.05) is 18.8 Å². The third-order valence-electron chi connectivity index (χ3n) is 4.02. The van der Waals surface area contributed by atoms with Crippen molar-refractivity contribution in [3.63, 3.8) is 0 Å². The van der Waals surface area contributed by atoms with E-state index in [1.807, 2.05) is 32.0 Å². The number of aryl methyl sites for hydroxylation is 1. The molecule has 0 bridgehead atoms. The molecule has 1 aliphatic rings. The van der Waals surface area contributed by atoms with Gasteiger partial charge in [-0.2, -0.15) is 0 Å². The van der Waals surface area contributed by atoms with Crippen LogP contribution < -0.4 is 10.6 Å². The van der Waals surface area contributed by atoms with Gasteiger partial charge in [-0.3, -0.25) is 4.79 Å². The number of carbonyl (C=O) groups is 1. The minimum absolute atomic E-state index is 0.0316. The van der Waals surface area contributed by atoms with Gasteiger partial charge in [-0.05, 0) is 49.8 Å². The lowest BCUT2D eigenvalue weighted by Gasteiger charge is -2.38. The first kappa shape index (κ1) is 13.9. The van der Waals surface area contributed by atoms with E-state index in [1.54, 1.807) is 0 Å². The molecule has 0 heterocycles. The second-order valence-electron chi connectivity index (χ2n) is 5.93. The molecule has 1 aromatic carbocycles. The van der Waals surface area contributed by atoms with Crippen molar-refractivity contribution >= 4 is 11.6 Å². The molecule has 0 aromatic heterocycles. The van der Waals surface area contributed by atoms with Gasteiger partial charge in [0.2, 0.25) is 0 Å². The summed E-state index contributed by atoms with van der Waals surface area (Å²) in [6.45, 7) is 7.93. The molecule has 0 atom stereocenters. The van der Waals surface area contributed by atoms with Crippen LogP contribution in [0.2, 0.25) is 0 Å². The summed E-state index contributed by atoms with van der Waals surface area (Å²) in [5.74, 6) is 0.0316. The average molecular weight is 260 g/mol. The smallest absolute Gasteiger partial charge is 0.253 e. The number of amides is 1. The molecule has 1 aliphatic carbocycles. The molecule has 1 amide bonds. The molecule has 2 N–H and O–H groups in total. The Kier molecular flexibility index (Phi) is 4.13. The lowest BCUT2D eigenvalue weighted by molar-refractivity contribution is 0.0891. The number of hydrogen-bond donors (Lipinski definition) is 2. The van der Waals surface area contributed by atoms with Crippen molar-refractivity contribution in [2.24, 2.45) is 5.41 Å². The molecule has 0 aliphatic heterocycles. The molecular weight excluding hydrogens is 236 g/mol. The Morgan fingerprint density at radius 1 is 1.37 bits per heavy atom. The van der Waals surface area contributed by atoms with E-state index < -0.39 is 0 Å². The maximum absolute atomic E-state index is 12.3. The summed E-state index contributed by atoms with van der Waals surface area (Å²) >= 11 is 0. The highest BCUT2D eigenvalue weighted by Crippen LogP contribution is 2.39. The van der Waals surface area contributed by atoms with Crippen molar-refractivity contribution in [1.29, 1.82) is 0 Å². The van der Waals surface area contributed by atoms with Crippen LogP contribution in [0.15, 0.2) is 18.2 Å². The number of carbonyl (C=O) groups excluding carboxylic acids is 1. The predicted octanol–water partition coefficient (Wildman–Crippen LogP) is 3.35. The fourth-order valence-electron chi connectivity index (χ4n) is 2.54. The normalized spacial score (nSPS) is 16.6. The zero-order valence-corrected chi connectivity index (χ0v) is 12.2. The summed E-state index contributed by atoms with van der Waals surface area (Å²) in [5.41, 5.74) is 3.16. The first-order valence-corrected chi connectivity index (χ1v) is 7.17. The van der Waals surface area contributed by atoms with E-state index >= 15 is 0 Å². The molecule has 2 rings (SSSR count). The van der Waals surface area contributed by atoms with E-state index in [4.69, 9.17) is 0 Å². The van der Waals surface area contributed by atoms with Gasteiger partial charge in [0.15, 0.2) is 0 Å². The van der Waals surface area contributed by atoms with Gasteiger partial charge in [-0.15, -0.1) is 0 Å².